The molecule has 4 aromatic rings. The third kappa shape index (κ3) is 3.73. The van der Waals surface area contributed by atoms with Gasteiger partial charge in [-0.1, -0.05) is 36.4 Å². The van der Waals surface area contributed by atoms with E-state index in [0.717, 1.165) is 29.2 Å². The average molecular weight is 431 g/mol. The lowest BCUT2D eigenvalue weighted by molar-refractivity contribution is 0.0730. The number of nitrogens with zero attached hydrogens (tertiary/aromatic N) is 3. The minimum atomic E-state index is -0.928. The molecule has 0 N–H and O–H groups in total. The highest BCUT2D eigenvalue weighted by molar-refractivity contribution is 5.94. The molecule has 2 heterocycles. The van der Waals surface area contributed by atoms with E-state index in [9.17, 15) is 13.6 Å². The van der Waals surface area contributed by atoms with E-state index in [-0.39, 0.29) is 12.1 Å². The number of amides is 1. The van der Waals surface area contributed by atoms with Crippen LogP contribution in [0.2, 0.25) is 0 Å². The third-order valence-corrected chi connectivity index (χ3v) is 5.44. The number of para-hydroxylation sites is 2. The molecule has 1 aliphatic heterocycles. The summed E-state index contributed by atoms with van der Waals surface area (Å²) in [5.41, 5.74) is 2.74. The van der Waals surface area contributed by atoms with Gasteiger partial charge in [0.1, 0.15) is 5.75 Å². The molecule has 0 saturated carbocycles. The Hall–Kier alpha value is -4.00. The molecule has 1 aliphatic rings. The van der Waals surface area contributed by atoms with Crippen LogP contribution >= 0.6 is 0 Å². The van der Waals surface area contributed by atoms with E-state index in [1.165, 1.54) is 0 Å². The molecule has 0 saturated heterocycles. The van der Waals surface area contributed by atoms with Crippen molar-refractivity contribution in [1.82, 2.24) is 14.5 Å². The van der Waals surface area contributed by atoms with Gasteiger partial charge in [-0.05, 0) is 36.4 Å². The van der Waals surface area contributed by atoms with Crippen molar-refractivity contribution in [2.75, 3.05) is 6.54 Å². The number of fused-ring (bicyclic) bond motifs is 1. The van der Waals surface area contributed by atoms with E-state index in [4.69, 9.17) is 4.74 Å². The Morgan fingerprint density at radius 1 is 0.938 bits per heavy atom. The van der Waals surface area contributed by atoms with Gasteiger partial charge in [-0.3, -0.25) is 4.79 Å². The molecule has 0 atom stereocenters. The monoisotopic (exact) mass is 431 g/mol. The second-order valence-corrected chi connectivity index (χ2v) is 7.50. The first-order chi connectivity index (χ1) is 15.6. The fourth-order valence-corrected chi connectivity index (χ4v) is 3.86. The minimum absolute atomic E-state index is 0.0636. The van der Waals surface area contributed by atoms with Crippen LogP contribution in [0.4, 0.5) is 8.78 Å². The van der Waals surface area contributed by atoms with Crippen LogP contribution in [0.15, 0.2) is 79.1 Å². The summed E-state index contributed by atoms with van der Waals surface area (Å²) in [7, 11) is 0. The van der Waals surface area contributed by atoms with Gasteiger partial charge in [-0.2, -0.15) is 0 Å². The number of benzene rings is 3. The summed E-state index contributed by atoms with van der Waals surface area (Å²) in [5, 5.41) is 0. The normalized spacial score (nSPS) is 13.0. The van der Waals surface area contributed by atoms with Gasteiger partial charge in [0, 0.05) is 29.9 Å². The van der Waals surface area contributed by atoms with Crippen LogP contribution in [-0.2, 0) is 13.0 Å². The van der Waals surface area contributed by atoms with Crippen molar-refractivity contribution < 1.29 is 18.3 Å². The fraction of sp³-hybridized carbons (Fsp3) is 0.120. The highest BCUT2D eigenvalue weighted by atomic mass is 19.1. The van der Waals surface area contributed by atoms with Crippen molar-refractivity contribution in [1.29, 1.82) is 0 Å². The maximum absolute atomic E-state index is 14.6. The summed E-state index contributed by atoms with van der Waals surface area (Å²) in [6, 6.07) is 20.2. The predicted molar refractivity (Wildman–Crippen MR) is 115 cm³/mol. The molecule has 5 rings (SSSR count). The van der Waals surface area contributed by atoms with Crippen molar-refractivity contribution in [2.24, 2.45) is 0 Å². The van der Waals surface area contributed by atoms with E-state index in [1.54, 1.807) is 41.6 Å². The van der Waals surface area contributed by atoms with Crippen LogP contribution in [0.25, 0.3) is 5.69 Å². The fourth-order valence-electron chi connectivity index (χ4n) is 3.86. The van der Waals surface area contributed by atoms with Gasteiger partial charge in [0.25, 0.3) is 5.91 Å². The van der Waals surface area contributed by atoms with Crippen molar-refractivity contribution in [2.45, 2.75) is 13.0 Å². The van der Waals surface area contributed by atoms with E-state index in [0.29, 0.717) is 18.7 Å². The molecule has 0 fully saturated rings. The predicted octanol–water partition coefficient (Wildman–Crippen LogP) is 5.14. The van der Waals surface area contributed by atoms with Crippen molar-refractivity contribution >= 4 is 5.91 Å². The molecule has 0 aliphatic carbocycles. The number of aromatic nitrogens is 2. The summed E-state index contributed by atoms with van der Waals surface area (Å²) >= 11 is 0. The Kier molecular flexibility index (Phi) is 5.15. The van der Waals surface area contributed by atoms with Crippen LogP contribution in [0.5, 0.6) is 11.5 Å². The smallest absolute Gasteiger partial charge is 0.254 e. The van der Waals surface area contributed by atoms with Gasteiger partial charge < -0.3 is 14.2 Å². The maximum atomic E-state index is 14.6. The molecule has 7 heteroatoms. The summed E-state index contributed by atoms with van der Waals surface area (Å²) in [5.74, 6) is -2.53. The van der Waals surface area contributed by atoms with Gasteiger partial charge in [0.15, 0.2) is 17.4 Å². The number of carbonyl (C=O) groups excluding carboxylic acids is 1. The number of hydrogen-bond donors (Lipinski definition) is 0. The van der Waals surface area contributed by atoms with Gasteiger partial charge in [-0.25, -0.2) is 13.8 Å². The molecule has 1 amide bonds. The Morgan fingerprint density at radius 2 is 1.59 bits per heavy atom. The van der Waals surface area contributed by atoms with Crippen LogP contribution in [0, 0.1) is 11.6 Å². The summed E-state index contributed by atoms with van der Waals surface area (Å²) < 4.78 is 36.5. The molecule has 32 heavy (non-hydrogen) atoms. The maximum Gasteiger partial charge on any atom is 0.254 e. The third-order valence-electron chi connectivity index (χ3n) is 5.44. The van der Waals surface area contributed by atoms with Gasteiger partial charge in [-0.15, -0.1) is 0 Å². The molecule has 3 aromatic carbocycles. The Balaban J connectivity index is 1.36. The van der Waals surface area contributed by atoms with Crippen LogP contribution in [0.1, 0.15) is 21.7 Å². The Morgan fingerprint density at radius 3 is 2.28 bits per heavy atom. The standard InChI is InChI=1S/C25H19F2N3O2/c26-20-13-17(14-21(27)24(20)32-19-9-5-2-6-10-19)25(31)29-12-11-23-22(15-29)28-16-30(23)18-7-3-1-4-8-18/h1-10,13-14,16H,11-12,15H2. The SMILES string of the molecule is O=C(c1cc(F)c(Oc2ccccc2)c(F)c1)N1CCc2c(ncn2-c2ccccc2)C1. The first kappa shape index (κ1) is 19.9. The lowest BCUT2D eigenvalue weighted by Gasteiger charge is -2.27. The second kappa shape index (κ2) is 8.26. The van der Waals surface area contributed by atoms with Crippen LogP contribution < -0.4 is 4.74 Å². The summed E-state index contributed by atoms with van der Waals surface area (Å²) in [4.78, 5) is 19.0. The molecule has 160 valence electrons. The Bertz CT molecular complexity index is 1250. The lowest BCUT2D eigenvalue weighted by Crippen LogP contribution is -2.36. The van der Waals surface area contributed by atoms with E-state index in [1.807, 2.05) is 34.9 Å². The molecule has 0 radical (unpaired) electrons. The molecule has 1 aromatic heterocycles. The Labute approximate surface area is 183 Å². The van der Waals surface area contributed by atoms with Crippen LogP contribution in [-0.4, -0.2) is 26.9 Å². The summed E-state index contributed by atoms with van der Waals surface area (Å²) in [6.45, 7) is 0.704. The molecular weight excluding hydrogens is 412 g/mol. The first-order valence-corrected chi connectivity index (χ1v) is 10.2. The molecule has 0 spiro atoms. The topological polar surface area (TPSA) is 47.4 Å². The zero-order chi connectivity index (χ0) is 22.1. The number of ether oxygens (including phenoxy) is 1. The van der Waals surface area contributed by atoms with Crippen molar-refractivity contribution in [3.05, 3.63) is 108 Å². The van der Waals surface area contributed by atoms with Crippen molar-refractivity contribution in [3.8, 4) is 17.2 Å². The van der Waals surface area contributed by atoms with Gasteiger partial charge >= 0.3 is 0 Å². The minimum Gasteiger partial charge on any atom is -0.451 e. The molecular formula is C25H19F2N3O2. The zero-order valence-electron chi connectivity index (χ0n) is 17.0. The number of imidazole rings is 1. The average Bonchev–Trinajstić information content (AvgIpc) is 3.25. The van der Waals surface area contributed by atoms with E-state index >= 15 is 0 Å². The highest BCUT2D eigenvalue weighted by Crippen LogP contribution is 2.30. The largest absolute Gasteiger partial charge is 0.451 e. The number of hydrogen-bond acceptors (Lipinski definition) is 3. The second-order valence-electron chi connectivity index (χ2n) is 7.50. The molecule has 0 bridgehead atoms. The summed E-state index contributed by atoms with van der Waals surface area (Å²) in [6.07, 6.45) is 2.33. The van der Waals surface area contributed by atoms with E-state index < -0.39 is 23.3 Å². The number of rotatable bonds is 4. The van der Waals surface area contributed by atoms with E-state index in [2.05, 4.69) is 4.98 Å². The lowest BCUT2D eigenvalue weighted by atomic mass is 10.1. The first-order valence-electron chi connectivity index (χ1n) is 10.2. The van der Waals surface area contributed by atoms with Gasteiger partial charge in [0.05, 0.1) is 18.6 Å². The highest BCUT2D eigenvalue weighted by Gasteiger charge is 2.27. The quantitative estimate of drug-likeness (QED) is 0.450. The number of halogens is 2. The van der Waals surface area contributed by atoms with Crippen molar-refractivity contribution in [3.63, 3.8) is 0 Å². The van der Waals surface area contributed by atoms with Gasteiger partial charge in [0.2, 0.25) is 0 Å². The number of carbonyl (C=O) groups is 1. The zero-order valence-corrected chi connectivity index (χ0v) is 17.0. The van der Waals surface area contributed by atoms with Crippen LogP contribution in [0.3, 0.4) is 0 Å². The molecule has 0 unspecified atom stereocenters. The molecule has 5 nitrogen and oxygen atoms in total.